The minimum atomic E-state index is -0.390. The lowest BCUT2D eigenvalue weighted by atomic mass is 10.1. The minimum absolute atomic E-state index is 0.0851. The van der Waals surface area contributed by atoms with Crippen molar-refractivity contribution in [2.45, 2.75) is 20.0 Å². The number of nitro groups is 1. The molecule has 0 saturated heterocycles. The summed E-state index contributed by atoms with van der Waals surface area (Å²) in [5.41, 5.74) is 3.24. The number of nitro benzene ring substituents is 1. The molecule has 0 fully saturated rings. The van der Waals surface area contributed by atoms with Crippen LogP contribution in [-0.4, -0.2) is 9.91 Å². The van der Waals surface area contributed by atoms with Gasteiger partial charge in [-0.1, -0.05) is 12.1 Å². The first-order valence-corrected chi connectivity index (χ1v) is 6.91. The number of hydrogen-bond acceptors (Lipinski definition) is 4. The molecule has 1 heterocycles. The van der Waals surface area contributed by atoms with Gasteiger partial charge in [0, 0.05) is 31.5 Å². The highest BCUT2D eigenvalue weighted by Crippen LogP contribution is 2.28. The molecule has 0 radical (unpaired) electrons. The number of halogens is 1. The van der Waals surface area contributed by atoms with Crippen molar-refractivity contribution in [3.8, 4) is 0 Å². The van der Waals surface area contributed by atoms with E-state index in [2.05, 4.69) is 26.2 Å². The Morgan fingerprint density at radius 1 is 1.30 bits per heavy atom. The monoisotopic (exact) mass is 335 g/mol. The summed E-state index contributed by atoms with van der Waals surface area (Å²) in [6, 6.07) is 6.99. The van der Waals surface area contributed by atoms with Crippen molar-refractivity contribution in [2.24, 2.45) is 0 Å². The van der Waals surface area contributed by atoms with Crippen molar-refractivity contribution in [3.63, 3.8) is 0 Å². The number of nitrogens with zero attached hydrogens (tertiary/aromatic N) is 2. The van der Waals surface area contributed by atoms with E-state index < -0.39 is 4.92 Å². The van der Waals surface area contributed by atoms with E-state index >= 15 is 0 Å². The van der Waals surface area contributed by atoms with E-state index in [0.717, 1.165) is 11.1 Å². The van der Waals surface area contributed by atoms with Crippen LogP contribution < -0.4 is 5.32 Å². The summed E-state index contributed by atoms with van der Waals surface area (Å²) in [5, 5.41) is 14.1. The molecule has 2 aromatic rings. The molecule has 0 unspecified atom stereocenters. The molecule has 0 bridgehead atoms. The van der Waals surface area contributed by atoms with Gasteiger partial charge in [0.15, 0.2) is 0 Å². The molecule has 1 N–H and O–H groups in total. The van der Waals surface area contributed by atoms with Gasteiger partial charge in [-0.2, -0.15) is 0 Å². The molecule has 1 aromatic carbocycles. The normalized spacial score (nSPS) is 10.5. The molecule has 0 aliphatic carbocycles. The summed E-state index contributed by atoms with van der Waals surface area (Å²) in [7, 11) is 0. The number of hydrogen-bond donors (Lipinski definition) is 1. The van der Waals surface area contributed by atoms with Crippen LogP contribution in [-0.2, 0) is 13.1 Å². The summed E-state index contributed by atoms with van der Waals surface area (Å²) >= 11 is 3.29. The summed E-state index contributed by atoms with van der Waals surface area (Å²) in [5.74, 6) is 0. The van der Waals surface area contributed by atoms with Gasteiger partial charge in [0.1, 0.15) is 0 Å². The topological polar surface area (TPSA) is 68.1 Å². The molecule has 6 heteroatoms. The maximum absolute atomic E-state index is 10.9. The van der Waals surface area contributed by atoms with E-state index in [1.54, 1.807) is 12.3 Å². The fourth-order valence-corrected chi connectivity index (χ4v) is 2.41. The van der Waals surface area contributed by atoms with Crippen molar-refractivity contribution >= 4 is 21.6 Å². The number of aromatic nitrogens is 1. The summed E-state index contributed by atoms with van der Waals surface area (Å²) in [6.07, 6.45) is 3.58. The standard InChI is InChI=1S/C14H14BrN3O2/c1-10-5-6-16-8-12(10)9-17-7-11-3-2-4-13(14(11)15)18(19)20/h2-6,8,17H,7,9H2,1H3. The van der Waals surface area contributed by atoms with Crippen molar-refractivity contribution in [1.29, 1.82) is 0 Å². The van der Waals surface area contributed by atoms with Gasteiger partial charge >= 0.3 is 0 Å². The van der Waals surface area contributed by atoms with E-state index in [1.807, 2.05) is 25.3 Å². The van der Waals surface area contributed by atoms with E-state index in [-0.39, 0.29) is 5.69 Å². The molecular weight excluding hydrogens is 322 g/mol. The Kier molecular flexibility index (Phi) is 4.81. The third-order valence-corrected chi connectivity index (χ3v) is 3.95. The lowest BCUT2D eigenvalue weighted by Gasteiger charge is -2.08. The van der Waals surface area contributed by atoms with Crippen molar-refractivity contribution in [2.75, 3.05) is 0 Å². The second kappa shape index (κ2) is 6.58. The smallest absolute Gasteiger partial charge is 0.283 e. The SMILES string of the molecule is Cc1ccncc1CNCc1cccc([N+](=O)[O-])c1Br. The van der Waals surface area contributed by atoms with Crippen LogP contribution in [0.5, 0.6) is 0 Å². The fourth-order valence-electron chi connectivity index (χ4n) is 1.86. The van der Waals surface area contributed by atoms with Gasteiger partial charge in [-0.15, -0.1) is 0 Å². The van der Waals surface area contributed by atoms with Crippen molar-refractivity contribution in [1.82, 2.24) is 10.3 Å². The zero-order chi connectivity index (χ0) is 14.5. The van der Waals surface area contributed by atoms with Crippen LogP contribution >= 0.6 is 15.9 Å². The second-order valence-electron chi connectivity index (χ2n) is 4.41. The molecule has 0 atom stereocenters. The predicted molar refractivity (Wildman–Crippen MR) is 80.3 cm³/mol. The highest BCUT2D eigenvalue weighted by atomic mass is 79.9. The molecule has 104 valence electrons. The molecule has 20 heavy (non-hydrogen) atoms. The highest BCUT2D eigenvalue weighted by molar-refractivity contribution is 9.10. The van der Waals surface area contributed by atoms with Gasteiger partial charge in [0.05, 0.1) is 9.40 Å². The van der Waals surface area contributed by atoms with E-state index in [9.17, 15) is 10.1 Å². The highest BCUT2D eigenvalue weighted by Gasteiger charge is 2.14. The molecular formula is C14H14BrN3O2. The average molecular weight is 336 g/mol. The van der Waals surface area contributed by atoms with Gasteiger partial charge in [-0.25, -0.2) is 0 Å². The van der Waals surface area contributed by atoms with Crippen LogP contribution in [0.15, 0.2) is 41.1 Å². The second-order valence-corrected chi connectivity index (χ2v) is 5.21. The predicted octanol–water partition coefficient (Wildman–Crippen LogP) is 3.35. The first-order chi connectivity index (χ1) is 9.59. The maximum Gasteiger partial charge on any atom is 0.283 e. The Morgan fingerprint density at radius 2 is 2.05 bits per heavy atom. The Morgan fingerprint density at radius 3 is 2.75 bits per heavy atom. The van der Waals surface area contributed by atoms with Gasteiger partial charge in [0.25, 0.3) is 5.69 Å². The third kappa shape index (κ3) is 3.40. The Bertz CT molecular complexity index is 632. The maximum atomic E-state index is 10.9. The summed E-state index contributed by atoms with van der Waals surface area (Å²) < 4.78 is 0.528. The number of pyridine rings is 1. The fraction of sp³-hybridized carbons (Fsp3) is 0.214. The Balaban J connectivity index is 2.03. The van der Waals surface area contributed by atoms with E-state index in [1.165, 1.54) is 11.6 Å². The summed E-state index contributed by atoms with van der Waals surface area (Å²) in [4.78, 5) is 14.6. The van der Waals surface area contributed by atoms with Gasteiger partial charge < -0.3 is 5.32 Å². The average Bonchev–Trinajstić information content (AvgIpc) is 2.42. The molecule has 1 aromatic heterocycles. The molecule has 0 amide bonds. The number of rotatable bonds is 5. The van der Waals surface area contributed by atoms with Crippen LogP contribution in [0.4, 0.5) is 5.69 Å². The summed E-state index contributed by atoms with van der Waals surface area (Å²) in [6.45, 7) is 3.26. The zero-order valence-electron chi connectivity index (χ0n) is 11.0. The van der Waals surface area contributed by atoms with Crippen LogP contribution in [0, 0.1) is 17.0 Å². The van der Waals surface area contributed by atoms with Crippen molar-refractivity contribution in [3.05, 3.63) is 67.9 Å². The first-order valence-electron chi connectivity index (χ1n) is 6.11. The van der Waals surface area contributed by atoms with Crippen LogP contribution in [0.3, 0.4) is 0 Å². The number of benzene rings is 1. The van der Waals surface area contributed by atoms with Gasteiger partial charge in [-0.3, -0.25) is 15.1 Å². The number of aryl methyl sites for hydroxylation is 1. The molecule has 0 aliphatic rings. The Hall–Kier alpha value is -1.79. The minimum Gasteiger partial charge on any atom is -0.309 e. The lowest BCUT2D eigenvalue weighted by molar-refractivity contribution is -0.385. The van der Waals surface area contributed by atoms with Crippen LogP contribution in [0.2, 0.25) is 0 Å². The molecule has 0 spiro atoms. The Labute approximate surface area is 125 Å². The third-order valence-electron chi connectivity index (χ3n) is 3.03. The first kappa shape index (κ1) is 14.6. The molecule has 5 nitrogen and oxygen atoms in total. The van der Waals surface area contributed by atoms with Gasteiger partial charge in [0.2, 0.25) is 0 Å². The van der Waals surface area contributed by atoms with E-state index in [4.69, 9.17) is 0 Å². The molecule has 2 rings (SSSR count). The lowest BCUT2D eigenvalue weighted by Crippen LogP contribution is -2.14. The molecule has 0 aliphatic heterocycles. The quantitative estimate of drug-likeness (QED) is 0.672. The molecule has 0 saturated carbocycles. The van der Waals surface area contributed by atoms with Crippen LogP contribution in [0.25, 0.3) is 0 Å². The largest absolute Gasteiger partial charge is 0.309 e. The van der Waals surface area contributed by atoms with Crippen molar-refractivity contribution < 1.29 is 4.92 Å². The number of nitrogens with one attached hydrogen (secondary N) is 1. The van der Waals surface area contributed by atoms with Gasteiger partial charge in [-0.05, 0) is 45.6 Å². The van der Waals surface area contributed by atoms with Crippen LogP contribution in [0.1, 0.15) is 16.7 Å². The van der Waals surface area contributed by atoms with E-state index in [0.29, 0.717) is 17.6 Å². The zero-order valence-corrected chi connectivity index (χ0v) is 12.6.